The van der Waals surface area contributed by atoms with Gasteiger partial charge in [0.2, 0.25) is 21.7 Å². The van der Waals surface area contributed by atoms with Gasteiger partial charge in [-0.05, 0) is 44.2 Å². The van der Waals surface area contributed by atoms with Gasteiger partial charge >= 0.3 is 0 Å². The van der Waals surface area contributed by atoms with Gasteiger partial charge in [0.1, 0.15) is 5.75 Å². The van der Waals surface area contributed by atoms with Crippen molar-refractivity contribution in [3.8, 4) is 17.1 Å². The van der Waals surface area contributed by atoms with Crippen molar-refractivity contribution < 1.29 is 22.5 Å². The number of rotatable bonds is 7. The number of aryl methyl sites for hydroxylation is 1. The molecule has 4 rings (SSSR count). The van der Waals surface area contributed by atoms with Crippen LogP contribution in [0.5, 0.6) is 5.75 Å². The predicted octanol–water partition coefficient (Wildman–Crippen LogP) is 2.31. The topological polar surface area (TPSA) is 115 Å². The lowest BCUT2D eigenvalue weighted by Gasteiger charge is -2.28. The molecule has 0 radical (unpaired) electrons. The highest BCUT2D eigenvalue weighted by molar-refractivity contribution is 7.89. The van der Waals surface area contributed by atoms with Gasteiger partial charge in [-0.2, -0.15) is 4.98 Å². The van der Waals surface area contributed by atoms with E-state index in [0.717, 1.165) is 5.56 Å². The first-order valence-electron chi connectivity index (χ1n) is 9.84. The quantitative estimate of drug-likeness (QED) is 0.597. The van der Waals surface area contributed by atoms with Gasteiger partial charge in [0, 0.05) is 25.1 Å². The molecule has 9 nitrogen and oxygen atoms in total. The number of amides is 1. The third kappa shape index (κ3) is 4.44. The maximum atomic E-state index is 12.4. The van der Waals surface area contributed by atoms with E-state index < -0.39 is 10.0 Å². The van der Waals surface area contributed by atoms with Crippen molar-refractivity contribution in [3.63, 3.8) is 0 Å². The van der Waals surface area contributed by atoms with Crippen LogP contribution in [0.1, 0.15) is 18.4 Å². The number of carbonyl (C=O) groups excluding carboxylic acids is 1. The molecule has 1 aliphatic heterocycles. The summed E-state index contributed by atoms with van der Waals surface area (Å²) in [6, 6.07) is 12.0. The van der Waals surface area contributed by atoms with Crippen LogP contribution in [0.2, 0.25) is 0 Å². The average molecular weight is 442 g/mol. The molecule has 3 aromatic rings. The van der Waals surface area contributed by atoms with Crippen LogP contribution in [0.15, 0.2) is 51.9 Å². The standard InChI is InChI=1S/C21H22N4O5S/c1-3-25-17-12-15(6-9-18(17)29-13-20(25)26)21-23-19(30-24-21)10-11-22-31(27,28)16-7-4-14(2)5-8-16/h4-9,12,22H,3,10-11,13H2,1-2H3. The second-order valence-electron chi connectivity index (χ2n) is 7.08. The summed E-state index contributed by atoms with van der Waals surface area (Å²) in [6.45, 7) is 4.45. The number of nitrogens with zero attached hydrogens (tertiary/aromatic N) is 3. The molecule has 0 saturated heterocycles. The summed E-state index contributed by atoms with van der Waals surface area (Å²) in [5.41, 5.74) is 2.32. The molecule has 162 valence electrons. The van der Waals surface area contributed by atoms with Crippen LogP contribution in [0.3, 0.4) is 0 Å². The van der Waals surface area contributed by atoms with Crippen LogP contribution >= 0.6 is 0 Å². The molecule has 0 aliphatic carbocycles. The smallest absolute Gasteiger partial charge is 0.265 e. The molecule has 0 spiro atoms. The third-order valence-corrected chi connectivity index (χ3v) is 6.38. The second kappa shape index (κ2) is 8.48. The molecule has 2 heterocycles. The zero-order valence-electron chi connectivity index (χ0n) is 17.2. The van der Waals surface area contributed by atoms with Gasteiger partial charge in [-0.1, -0.05) is 22.9 Å². The fourth-order valence-corrected chi connectivity index (χ4v) is 4.29. The molecule has 1 amide bonds. The number of aromatic nitrogens is 2. The van der Waals surface area contributed by atoms with Crippen molar-refractivity contribution in [2.45, 2.75) is 25.2 Å². The van der Waals surface area contributed by atoms with Gasteiger partial charge in [-0.25, -0.2) is 13.1 Å². The summed E-state index contributed by atoms with van der Waals surface area (Å²) >= 11 is 0. The van der Waals surface area contributed by atoms with Crippen molar-refractivity contribution in [2.24, 2.45) is 0 Å². The summed E-state index contributed by atoms with van der Waals surface area (Å²) in [6.07, 6.45) is 0.242. The van der Waals surface area contributed by atoms with E-state index in [1.165, 1.54) is 0 Å². The van der Waals surface area contributed by atoms with Crippen LogP contribution in [0.25, 0.3) is 11.4 Å². The van der Waals surface area contributed by atoms with Crippen LogP contribution < -0.4 is 14.4 Å². The molecule has 1 aliphatic rings. The minimum absolute atomic E-state index is 0.0189. The minimum Gasteiger partial charge on any atom is -0.482 e. The molecule has 2 aromatic carbocycles. The summed E-state index contributed by atoms with van der Waals surface area (Å²) in [4.78, 5) is 18.2. The molecule has 0 bridgehead atoms. The molecule has 0 unspecified atom stereocenters. The van der Waals surface area contributed by atoms with Crippen LogP contribution in [0, 0.1) is 6.92 Å². The highest BCUT2D eigenvalue weighted by Crippen LogP contribution is 2.35. The lowest BCUT2D eigenvalue weighted by molar-refractivity contribution is -0.121. The van der Waals surface area contributed by atoms with Gasteiger partial charge in [0.15, 0.2) is 6.61 Å². The highest BCUT2D eigenvalue weighted by Gasteiger charge is 2.25. The zero-order chi connectivity index (χ0) is 22.0. The Bertz CT molecular complexity index is 1200. The molecule has 31 heavy (non-hydrogen) atoms. The van der Waals surface area contributed by atoms with Crippen molar-refractivity contribution in [3.05, 3.63) is 53.9 Å². The average Bonchev–Trinajstić information content (AvgIpc) is 3.22. The summed E-state index contributed by atoms with van der Waals surface area (Å²) in [5.74, 6) is 1.17. The van der Waals surface area contributed by atoms with E-state index in [9.17, 15) is 13.2 Å². The molecule has 10 heteroatoms. The Morgan fingerprint density at radius 2 is 1.94 bits per heavy atom. The van der Waals surface area contributed by atoms with E-state index >= 15 is 0 Å². The monoisotopic (exact) mass is 442 g/mol. The Kier molecular flexibility index (Phi) is 5.75. The van der Waals surface area contributed by atoms with E-state index in [4.69, 9.17) is 9.26 Å². The Morgan fingerprint density at radius 3 is 2.68 bits per heavy atom. The summed E-state index contributed by atoms with van der Waals surface area (Å²) in [5, 5.41) is 3.98. The van der Waals surface area contributed by atoms with E-state index in [1.54, 1.807) is 47.4 Å². The minimum atomic E-state index is -3.61. The summed E-state index contributed by atoms with van der Waals surface area (Å²) in [7, 11) is -3.61. The number of ether oxygens (including phenoxy) is 1. The fourth-order valence-electron chi connectivity index (χ4n) is 3.25. The van der Waals surface area contributed by atoms with Crippen molar-refractivity contribution >= 4 is 21.6 Å². The molecule has 0 fully saturated rings. The number of fused-ring (bicyclic) bond motifs is 1. The van der Waals surface area contributed by atoms with Crippen LogP contribution in [-0.4, -0.2) is 44.2 Å². The number of carbonyl (C=O) groups is 1. The Hall–Kier alpha value is -3.24. The second-order valence-corrected chi connectivity index (χ2v) is 8.85. The first-order chi connectivity index (χ1) is 14.9. The Labute approximate surface area is 180 Å². The van der Waals surface area contributed by atoms with Gasteiger partial charge < -0.3 is 14.2 Å². The first kappa shape index (κ1) is 21.0. The number of benzene rings is 2. The van der Waals surface area contributed by atoms with Crippen molar-refractivity contribution in [2.75, 3.05) is 24.6 Å². The van der Waals surface area contributed by atoms with E-state index in [1.807, 2.05) is 13.8 Å². The number of sulfonamides is 1. The predicted molar refractivity (Wildman–Crippen MR) is 113 cm³/mol. The number of likely N-dealkylation sites (N-methyl/N-ethyl adjacent to an activating group) is 1. The van der Waals surface area contributed by atoms with Crippen molar-refractivity contribution in [1.29, 1.82) is 0 Å². The molecule has 1 aromatic heterocycles. The molecule has 0 atom stereocenters. The van der Waals surface area contributed by atoms with Gasteiger partial charge in [-0.3, -0.25) is 4.79 Å². The maximum Gasteiger partial charge on any atom is 0.265 e. The lowest BCUT2D eigenvalue weighted by atomic mass is 10.1. The number of anilines is 1. The van der Waals surface area contributed by atoms with Crippen LogP contribution in [0.4, 0.5) is 5.69 Å². The van der Waals surface area contributed by atoms with Gasteiger partial charge in [-0.15, -0.1) is 0 Å². The Balaban J connectivity index is 1.44. The van der Waals surface area contributed by atoms with Gasteiger partial charge in [0.05, 0.1) is 10.6 Å². The third-order valence-electron chi connectivity index (χ3n) is 4.91. The van der Waals surface area contributed by atoms with Gasteiger partial charge in [0.25, 0.3) is 5.91 Å². The highest BCUT2D eigenvalue weighted by atomic mass is 32.2. The van der Waals surface area contributed by atoms with E-state index in [2.05, 4.69) is 14.9 Å². The van der Waals surface area contributed by atoms with E-state index in [-0.39, 0.29) is 30.4 Å². The maximum absolute atomic E-state index is 12.4. The molecule has 1 N–H and O–H groups in total. The first-order valence-corrected chi connectivity index (χ1v) is 11.3. The van der Waals surface area contributed by atoms with E-state index in [0.29, 0.717) is 35.3 Å². The normalized spacial score (nSPS) is 13.7. The molecular weight excluding hydrogens is 420 g/mol. The van der Waals surface area contributed by atoms with Crippen molar-refractivity contribution in [1.82, 2.24) is 14.9 Å². The number of hydrogen-bond acceptors (Lipinski definition) is 7. The SMILES string of the molecule is CCN1C(=O)COc2ccc(-c3noc(CCNS(=O)(=O)c4ccc(C)cc4)n3)cc21. The summed E-state index contributed by atoms with van der Waals surface area (Å²) < 4.78 is 38.0. The Morgan fingerprint density at radius 1 is 1.16 bits per heavy atom. The van der Waals surface area contributed by atoms with Crippen LogP contribution in [-0.2, 0) is 21.2 Å². The fraction of sp³-hybridized carbons (Fsp3) is 0.286. The largest absolute Gasteiger partial charge is 0.482 e. The number of nitrogens with one attached hydrogen (secondary N) is 1. The number of hydrogen-bond donors (Lipinski definition) is 1. The molecule has 0 saturated carbocycles. The lowest BCUT2D eigenvalue weighted by Crippen LogP contribution is -2.38. The zero-order valence-corrected chi connectivity index (χ0v) is 18.0. The molecular formula is C21H22N4O5S.